The fourth-order valence-corrected chi connectivity index (χ4v) is 7.75. The Balaban J connectivity index is 1.56. The zero-order valence-corrected chi connectivity index (χ0v) is 15.2. The predicted octanol–water partition coefficient (Wildman–Crippen LogP) is 4.60. The number of rotatable bonds is 1. The van der Waals surface area contributed by atoms with Gasteiger partial charge < -0.3 is 5.11 Å². The van der Waals surface area contributed by atoms with Gasteiger partial charge in [0.15, 0.2) is 0 Å². The molecule has 0 radical (unpaired) electrons. The normalized spacial score (nSPS) is 55.7. The van der Waals surface area contributed by atoms with Crippen molar-refractivity contribution in [2.75, 3.05) is 0 Å². The van der Waals surface area contributed by atoms with Crippen LogP contribution in [0.1, 0.15) is 78.6 Å². The Kier molecular flexibility index (Phi) is 3.72. The van der Waals surface area contributed by atoms with Crippen molar-refractivity contribution in [3.05, 3.63) is 0 Å². The van der Waals surface area contributed by atoms with Crippen LogP contribution < -0.4 is 0 Å². The maximum absolute atomic E-state index is 12.1. The highest BCUT2D eigenvalue weighted by molar-refractivity contribution is 5.79. The monoisotopic (exact) mass is 318 g/mol. The van der Waals surface area contributed by atoms with Gasteiger partial charge in [0.25, 0.3) is 0 Å². The summed E-state index contributed by atoms with van der Waals surface area (Å²) in [5.41, 5.74) is -0.121. The number of carbonyl (C=O) groups excluding carboxylic acids is 1. The lowest BCUT2D eigenvalue weighted by atomic mass is 9.49. The molecular weight excluding hydrogens is 284 g/mol. The quantitative estimate of drug-likeness (QED) is 0.767. The molecule has 1 N–H and O–H groups in total. The zero-order valence-electron chi connectivity index (χ0n) is 15.2. The Morgan fingerprint density at radius 2 is 1.65 bits per heavy atom. The summed E-state index contributed by atoms with van der Waals surface area (Å²) in [4.78, 5) is 12.1. The van der Waals surface area contributed by atoms with Crippen molar-refractivity contribution in [2.45, 2.75) is 84.2 Å². The summed E-state index contributed by atoms with van der Waals surface area (Å²) in [5, 5.41) is 10.5. The van der Waals surface area contributed by atoms with Crippen LogP contribution in [0.2, 0.25) is 0 Å². The van der Waals surface area contributed by atoms with Crippen LogP contribution in [-0.4, -0.2) is 16.5 Å². The van der Waals surface area contributed by atoms with Gasteiger partial charge in [-0.05, 0) is 107 Å². The van der Waals surface area contributed by atoms with Gasteiger partial charge in [-0.3, -0.25) is 4.79 Å². The second kappa shape index (κ2) is 5.31. The minimum atomic E-state index is -0.412. The van der Waals surface area contributed by atoms with Crippen molar-refractivity contribution in [3.63, 3.8) is 0 Å². The summed E-state index contributed by atoms with van der Waals surface area (Å²) in [6.45, 7) is 6.30. The largest absolute Gasteiger partial charge is 0.390 e. The van der Waals surface area contributed by atoms with E-state index in [2.05, 4.69) is 6.92 Å². The third kappa shape index (κ3) is 2.42. The maximum Gasteiger partial charge on any atom is 0.133 e. The molecule has 2 heteroatoms. The fraction of sp³-hybridized carbons (Fsp3) is 0.952. The number of ketones is 1. The first-order valence-corrected chi connectivity index (χ1v) is 10.0. The first-order chi connectivity index (χ1) is 10.8. The smallest absolute Gasteiger partial charge is 0.133 e. The van der Waals surface area contributed by atoms with E-state index in [-0.39, 0.29) is 0 Å². The van der Waals surface area contributed by atoms with Gasteiger partial charge in [0, 0.05) is 5.92 Å². The summed E-state index contributed by atoms with van der Waals surface area (Å²) < 4.78 is 0. The molecule has 0 aromatic rings. The summed E-state index contributed by atoms with van der Waals surface area (Å²) in [5.74, 6) is 4.92. The molecule has 8 atom stereocenters. The van der Waals surface area contributed by atoms with Gasteiger partial charge in [0.05, 0.1) is 5.60 Å². The third-order valence-corrected chi connectivity index (χ3v) is 8.73. The number of carbonyl (C=O) groups is 1. The highest BCUT2D eigenvalue weighted by Gasteiger charge is 2.58. The molecule has 0 spiro atoms. The lowest BCUT2D eigenvalue weighted by molar-refractivity contribution is -0.130. The Morgan fingerprint density at radius 1 is 0.913 bits per heavy atom. The van der Waals surface area contributed by atoms with E-state index in [0.29, 0.717) is 17.1 Å². The predicted molar refractivity (Wildman–Crippen MR) is 91.9 cm³/mol. The topological polar surface area (TPSA) is 37.3 Å². The molecule has 0 bridgehead atoms. The Hall–Kier alpha value is -0.370. The highest BCUT2D eigenvalue weighted by Crippen LogP contribution is 2.64. The summed E-state index contributed by atoms with van der Waals surface area (Å²) in [6, 6.07) is 0. The molecule has 0 aromatic heterocycles. The van der Waals surface area contributed by atoms with Crippen molar-refractivity contribution in [1.82, 2.24) is 0 Å². The van der Waals surface area contributed by atoms with Crippen LogP contribution >= 0.6 is 0 Å². The van der Waals surface area contributed by atoms with E-state index >= 15 is 0 Å². The molecule has 2 nitrogen and oxygen atoms in total. The number of hydrogen-bond donors (Lipinski definition) is 1. The first kappa shape index (κ1) is 16.1. The molecule has 0 heterocycles. The van der Waals surface area contributed by atoms with Gasteiger partial charge >= 0.3 is 0 Å². The number of fused-ring (bicyclic) bond motifs is 5. The van der Waals surface area contributed by atoms with E-state index in [9.17, 15) is 9.90 Å². The van der Waals surface area contributed by atoms with Gasteiger partial charge in [0.2, 0.25) is 0 Å². The lowest BCUT2D eigenvalue weighted by Gasteiger charge is -2.56. The van der Waals surface area contributed by atoms with Crippen LogP contribution in [0.25, 0.3) is 0 Å². The standard InChI is InChI=1S/C21H34O2/c1-13(22)18-6-7-19-17-5-4-14-12-20(2,23)10-8-15(14)16(17)9-11-21(18,19)3/h14-19,23H,4-12H2,1-3H3/t14-,15-,16+,17+,18+,19-,20+,21+/m0/s1. The molecule has 0 aliphatic heterocycles. The number of aliphatic hydroxyl groups is 1. The van der Waals surface area contributed by atoms with Crippen LogP contribution in [0.3, 0.4) is 0 Å². The first-order valence-electron chi connectivity index (χ1n) is 10.0. The van der Waals surface area contributed by atoms with Gasteiger partial charge in [-0.1, -0.05) is 6.92 Å². The molecular formula is C21H34O2. The Morgan fingerprint density at radius 3 is 2.39 bits per heavy atom. The second-order valence-electron chi connectivity index (χ2n) is 9.96. The Labute approximate surface area is 141 Å². The average molecular weight is 319 g/mol. The number of Topliss-reactive ketones (excluding diaryl/α,β-unsaturated/α-hetero) is 1. The van der Waals surface area contributed by atoms with Gasteiger partial charge in [-0.25, -0.2) is 0 Å². The summed E-state index contributed by atoms with van der Waals surface area (Å²) in [7, 11) is 0. The molecule has 0 unspecified atom stereocenters. The van der Waals surface area contributed by atoms with Crippen molar-refractivity contribution < 1.29 is 9.90 Å². The fourth-order valence-electron chi connectivity index (χ4n) is 7.75. The third-order valence-electron chi connectivity index (χ3n) is 8.73. The Bertz CT molecular complexity index is 496. The molecule has 4 fully saturated rings. The maximum atomic E-state index is 12.1. The molecule has 130 valence electrons. The van der Waals surface area contributed by atoms with Gasteiger partial charge in [-0.15, -0.1) is 0 Å². The van der Waals surface area contributed by atoms with Crippen LogP contribution in [0.5, 0.6) is 0 Å². The van der Waals surface area contributed by atoms with Crippen LogP contribution in [-0.2, 0) is 4.79 Å². The van der Waals surface area contributed by atoms with Gasteiger partial charge in [-0.2, -0.15) is 0 Å². The lowest BCUT2D eigenvalue weighted by Crippen LogP contribution is -2.50. The van der Waals surface area contributed by atoms with E-state index in [1.807, 2.05) is 13.8 Å². The molecule has 0 amide bonds. The van der Waals surface area contributed by atoms with E-state index < -0.39 is 5.60 Å². The summed E-state index contributed by atoms with van der Waals surface area (Å²) >= 11 is 0. The average Bonchev–Trinajstić information content (AvgIpc) is 2.83. The molecule has 4 aliphatic carbocycles. The van der Waals surface area contributed by atoms with Crippen molar-refractivity contribution >= 4 is 5.78 Å². The van der Waals surface area contributed by atoms with Gasteiger partial charge in [0.1, 0.15) is 5.78 Å². The molecule has 0 saturated heterocycles. The molecule has 0 aromatic carbocycles. The van der Waals surface area contributed by atoms with E-state index in [1.165, 1.54) is 38.5 Å². The van der Waals surface area contributed by atoms with E-state index in [1.54, 1.807) is 0 Å². The number of hydrogen-bond acceptors (Lipinski definition) is 2. The van der Waals surface area contributed by atoms with Crippen molar-refractivity contribution in [1.29, 1.82) is 0 Å². The minimum Gasteiger partial charge on any atom is -0.390 e. The molecule has 4 rings (SSSR count). The minimum absolute atomic E-state index is 0.292. The molecule has 4 aliphatic rings. The van der Waals surface area contributed by atoms with E-state index in [0.717, 1.165) is 48.9 Å². The zero-order chi connectivity index (χ0) is 16.4. The van der Waals surface area contributed by atoms with Crippen LogP contribution in [0, 0.1) is 40.9 Å². The van der Waals surface area contributed by atoms with Crippen LogP contribution in [0.15, 0.2) is 0 Å². The van der Waals surface area contributed by atoms with E-state index in [4.69, 9.17) is 0 Å². The van der Waals surface area contributed by atoms with Crippen molar-refractivity contribution in [3.8, 4) is 0 Å². The summed E-state index contributed by atoms with van der Waals surface area (Å²) in [6.07, 6.45) is 11.0. The molecule has 23 heavy (non-hydrogen) atoms. The van der Waals surface area contributed by atoms with Crippen LogP contribution in [0.4, 0.5) is 0 Å². The second-order valence-corrected chi connectivity index (χ2v) is 9.96. The SMILES string of the molecule is CC(=O)[C@H]1CC[C@H]2[C@@H]3CC[C@H]4C[C@](C)(O)CC[C@@H]4[C@H]3CC[C@]12C. The molecule has 4 saturated carbocycles. The van der Waals surface area contributed by atoms with Crippen molar-refractivity contribution in [2.24, 2.45) is 40.9 Å². The highest BCUT2D eigenvalue weighted by atomic mass is 16.3.